The first-order valence-corrected chi connectivity index (χ1v) is 6.44. The first-order chi connectivity index (χ1) is 10.0. The van der Waals surface area contributed by atoms with Crippen LogP contribution in [-0.2, 0) is 6.54 Å². The molecule has 0 aliphatic carbocycles. The number of halogens is 2. The van der Waals surface area contributed by atoms with Crippen molar-refractivity contribution < 1.29 is 13.9 Å². The van der Waals surface area contributed by atoms with E-state index in [0.717, 1.165) is 0 Å². The third-order valence-electron chi connectivity index (χ3n) is 2.81. The third kappa shape index (κ3) is 3.66. The summed E-state index contributed by atoms with van der Waals surface area (Å²) in [4.78, 5) is 21.3. The molecule has 0 aliphatic rings. The Labute approximate surface area is 126 Å². The molecular weight excluding hydrogens is 297 g/mol. The lowest BCUT2D eigenvalue weighted by molar-refractivity contribution is 0.0778. The fourth-order valence-electron chi connectivity index (χ4n) is 1.79. The quantitative estimate of drug-likeness (QED) is 0.871. The van der Waals surface area contributed by atoms with Gasteiger partial charge in [0.25, 0.3) is 5.91 Å². The molecule has 0 atom stereocenters. The number of hydrogen-bond acceptors (Lipinski definition) is 4. The van der Waals surface area contributed by atoms with Crippen molar-refractivity contribution >= 4 is 17.5 Å². The van der Waals surface area contributed by atoms with Gasteiger partial charge in [-0.15, -0.1) is 0 Å². The molecule has 0 unspecified atom stereocenters. The Hall–Kier alpha value is -2.21. The smallest absolute Gasteiger partial charge is 0.274 e. The lowest BCUT2D eigenvalue weighted by atomic mass is 10.2. The molecule has 2 rings (SSSR count). The molecule has 21 heavy (non-hydrogen) atoms. The molecule has 0 fully saturated rings. The van der Waals surface area contributed by atoms with Crippen molar-refractivity contribution in [1.82, 2.24) is 14.9 Å². The molecule has 1 aromatic heterocycles. The summed E-state index contributed by atoms with van der Waals surface area (Å²) in [6, 6.07) is 4.53. The van der Waals surface area contributed by atoms with Crippen molar-refractivity contribution in [3.8, 4) is 5.75 Å². The predicted octanol–water partition coefficient (Wildman–Crippen LogP) is 2.55. The van der Waals surface area contributed by atoms with Crippen LogP contribution in [0.25, 0.3) is 0 Å². The number of amides is 1. The van der Waals surface area contributed by atoms with Crippen LogP contribution in [0.3, 0.4) is 0 Å². The highest BCUT2D eigenvalue weighted by Crippen LogP contribution is 2.18. The van der Waals surface area contributed by atoms with E-state index in [-0.39, 0.29) is 29.0 Å². The Kier molecular flexibility index (Phi) is 4.70. The minimum Gasteiger partial charge on any atom is -0.494 e. The van der Waals surface area contributed by atoms with E-state index in [1.165, 1.54) is 36.5 Å². The Bertz CT molecular complexity index is 666. The van der Waals surface area contributed by atoms with Crippen LogP contribution in [0.15, 0.2) is 30.6 Å². The summed E-state index contributed by atoms with van der Waals surface area (Å²) in [6.07, 6.45) is 2.68. The van der Waals surface area contributed by atoms with Gasteiger partial charge in [0, 0.05) is 13.6 Å². The molecule has 1 aromatic carbocycles. The van der Waals surface area contributed by atoms with E-state index in [4.69, 9.17) is 16.3 Å². The van der Waals surface area contributed by atoms with Crippen molar-refractivity contribution in [2.24, 2.45) is 0 Å². The van der Waals surface area contributed by atoms with Gasteiger partial charge in [-0.05, 0) is 17.7 Å². The number of benzene rings is 1. The molecule has 0 spiro atoms. The first kappa shape index (κ1) is 15.2. The van der Waals surface area contributed by atoms with Crippen LogP contribution < -0.4 is 4.74 Å². The Balaban J connectivity index is 2.12. The standard InChI is InChI=1S/C14H13ClFN3O2/c1-19(14(20)11-6-17-7-13(15)18-11)8-9-3-4-12(21-2)10(16)5-9/h3-7H,8H2,1-2H3. The number of ether oxygens (including phenoxy) is 1. The molecule has 0 bridgehead atoms. The average molecular weight is 310 g/mol. The van der Waals surface area contributed by atoms with Crippen LogP contribution in [0.5, 0.6) is 5.75 Å². The molecular formula is C14H13ClFN3O2. The number of carbonyl (C=O) groups is 1. The summed E-state index contributed by atoms with van der Waals surface area (Å²) in [6.45, 7) is 0.230. The summed E-state index contributed by atoms with van der Waals surface area (Å²) < 4.78 is 18.5. The van der Waals surface area contributed by atoms with Crippen molar-refractivity contribution in [1.29, 1.82) is 0 Å². The Morgan fingerprint density at radius 1 is 1.43 bits per heavy atom. The molecule has 1 heterocycles. The van der Waals surface area contributed by atoms with Gasteiger partial charge in [-0.25, -0.2) is 9.37 Å². The van der Waals surface area contributed by atoms with Crippen LogP contribution >= 0.6 is 11.6 Å². The van der Waals surface area contributed by atoms with E-state index < -0.39 is 5.82 Å². The van der Waals surface area contributed by atoms with Gasteiger partial charge in [0.2, 0.25) is 0 Å². The van der Waals surface area contributed by atoms with E-state index in [1.54, 1.807) is 13.1 Å². The summed E-state index contributed by atoms with van der Waals surface area (Å²) in [7, 11) is 2.98. The van der Waals surface area contributed by atoms with Gasteiger partial charge in [0.05, 0.1) is 19.5 Å². The molecule has 1 amide bonds. The molecule has 0 radical (unpaired) electrons. The van der Waals surface area contributed by atoms with Crippen molar-refractivity contribution in [2.75, 3.05) is 14.2 Å². The normalized spacial score (nSPS) is 10.3. The summed E-state index contributed by atoms with van der Waals surface area (Å²) >= 11 is 5.70. The molecule has 0 saturated heterocycles. The van der Waals surface area contributed by atoms with Crippen LogP contribution in [0.1, 0.15) is 16.1 Å². The Morgan fingerprint density at radius 2 is 2.19 bits per heavy atom. The van der Waals surface area contributed by atoms with E-state index in [2.05, 4.69) is 9.97 Å². The van der Waals surface area contributed by atoms with Crippen molar-refractivity contribution in [3.63, 3.8) is 0 Å². The average Bonchev–Trinajstić information content (AvgIpc) is 2.46. The van der Waals surface area contributed by atoms with Crippen LogP contribution in [-0.4, -0.2) is 34.9 Å². The monoisotopic (exact) mass is 309 g/mol. The molecule has 5 nitrogen and oxygen atoms in total. The zero-order chi connectivity index (χ0) is 15.4. The van der Waals surface area contributed by atoms with Crippen LogP contribution in [0.2, 0.25) is 5.15 Å². The molecule has 0 aliphatic heterocycles. The van der Waals surface area contributed by atoms with E-state index in [9.17, 15) is 9.18 Å². The van der Waals surface area contributed by atoms with Crippen LogP contribution in [0.4, 0.5) is 4.39 Å². The van der Waals surface area contributed by atoms with Gasteiger partial charge in [-0.1, -0.05) is 17.7 Å². The molecule has 0 N–H and O–H groups in total. The number of nitrogens with zero attached hydrogens (tertiary/aromatic N) is 3. The number of carbonyl (C=O) groups excluding carboxylic acids is 1. The highest BCUT2D eigenvalue weighted by atomic mass is 35.5. The fraction of sp³-hybridized carbons (Fsp3) is 0.214. The summed E-state index contributed by atoms with van der Waals surface area (Å²) in [5, 5.41) is 0.143. The summed E-state index contributed by atoms with van der Waals surface area (Å²) in [5.41, 5.74) is 0.776. The van der Waals surface area contributed by atoms with Gasteiger partial charge in [-0.2, -0.15) is 0 Å². The van der Waals surface area contributed by atoms with E-state index >= 15 is 0 Å². The van der Waals surface area contributed by atoms with Crippen LogP contribution in [0, 0.1) is 5.82 Å². The second kappa shape index (κ2) is 6.49. The number of methoxy groups -OCH3 is 1. The maximum absolute atomic E-state index is 13.6. The molecule has 110 valence electrons. The first-order valence-electron chi connectivity index (χ1n) is 6.06. The Morgan fingerprint density at radius 3 is 2.81 bits per heavy atom. The third-order valence-corrected chi connectivity index (χ3v) is 2.99. The van der Waals surface area contributed by atoms with Gasteiger partial charge < -0.3 is 9.64 Å². The lowest BCUT2D eigenvalue weighted by Gasteiger charge is -2.17. The van der Waals surface area contributed by atoms with Gasteiger partial charge >= 0.3 is 0 Å². The largest absolute Gasteiger partial charge is 0.494 e. The number of rotatable bonds is 4. The highest BCUT2D eigenvalue weighted by molar-refractivity contribution is 6.29. The van der Waals surface area contributed by atoms with Gasteiger partial charge in [0.15, 0.2) is 11.6 Å². The SMILES string of the molecule is COc1ccc(CN(C)C(=O)c2cncc(Cl)n2)cc1F. The number of hydrogen-bond donors (Lipinski definition) is 0. The fourth-order valence-corrected chi connectivity index (χ4v) is 1.94. The molecule has 2 aromatic rings. The molecule has 7 heteroatoms. The number of aromatic nitrogens is 2. The minimum atomic E-state index is -0.474. The maximum Gasteiger partial charge on any atom is 0.274 e. The highest BCUT2D eigenvalue weighted by Gasteiger charge is 2.15. The zero-order valence-corrected chi connectivity index (χ0v) is 12.3. The maximum atomic E-state index is 13.6. The lowest BCUT2D eigenvalue weighted by Crippen LogP contribution is -2.27. The predicted molar refractivity (Wildman–Crippen MR) is 75.8 cm³/mol. The van der Waals surface area contributed by atoms with E-state index in [0.29, 0.717) is 5.56 Å². The topological polar surface area (TPSA) is 55.3 Å². The zero-order valence-electron chi connectivity index (χ0n) is 11.5. The molecule has 0 saturated carbocycles. The van der Waals surface area contributed by atoms with E-state index in [1.807, 2.05) is 0 Å². The van der Waals surface area contributed by atoms with Gasteiger partial charge in [-0.3, -0.25) is 9.78 Å². The van der Waals surface area contributed by atoms with Crippen molar-refractivity contribution in [2.45, 2.75) is 6.54 Å². The summed E-state index contributed by atoms with van der Waals surface area (Å²) in [5.74, 6) is -0.659. The van der Waals surface area contributed by atoms with Gasteiger partial charge in [0.1, 0.15) is 10.8 Å². The van der Waals surface area contributed by atoms with Crippen molar-refractivity contribution in [3.05, 3.63) is 52.8 Å². The minimum absolute atomic E-state index is 0.138. The second-order valence-electron chi connectivity index (χ2n) is 4.36. The second-order valence-corrected chi connectivity index (χ2v) is 4.74.